The van der Waals surface area contributed by atoms with Crippen LogP contribution >= 0.6 is 0 Å². The highest BCUT2D eigenvalue weighted by Gasteiger charge is 2.24. The maximum atomic E-state index is 12.0. The Kier molecular flexibility index (Phi) is 6.93. The third-order valence-corrected chi connectivity index (χ3v) is 5.08. The molecule has 178 valence electrons. The van der Waals surface area contributed by atoms with Gasteiger partial charge in [0.05, 0.1) is 36.2 Å². The van der Waals surface area contributed by atoms with Crippen molar-refractivity contribution in [3.05, 3.63) is 30.0 Å². The Balaban J connectivity index is 0.000000471. The number of aromatic nitrogens is 4. The van der Waals surface area contributed by atoms with Crippen LogP contribution in [-0.4, -0.2) is 82.7 Å². The van der Waals surface area contributed by atoms with Gasteiger partial charge < -0.3 is 20.4 Å². The first kappa shape index (κ1) is 23.2. The lowest BCUT2D eigenvalue weighted by Gasteiger charge is -2.26. The molecular weight excluding hydrogens is 450 g/mol. The summed E-state index contributed by atoms with van der Waals surface area (Å²) in [4.78, 5) is 22.4. The average Bonchev–Trinajstić information content (AvgIpc) is 3.27. The summed E-state index contributed by atoms with van der Waals surface area (Å²) in [6, 6.07) is 6.35. The number of hydrogen-bond acceptors (Lipinski definition) is 7. The molecule has 1 saturated heterocycles. The molecule has 0 bridgehead atoms. The van der Waals surface area contributed by atoms with Crippen LogP contribution in [0.2, 0.25) is 0 Å². The highest BCUT2D eigenvalue weighted by molar-refractivity contribution is 7.85. The molecule has 3 aromatic rings. The molecule has 0 unspecified atom stereocenters. The van der Waals surface area contributed by atoms with E-state index in [0.29, 0.717) is 29.5 Å². The SMILES string of the molecule is CS(=O)(=O)O.O=C(Nc1c[nH]nc1-c1nc2cc(CN3CCOCC3)ccc2[nH]1)NC1CC1. The minimum atomic E-state index is -3.67. The largest absolute Gasteiger partial charge is 0.379 e. The van der Waals surface area contributed by atoms with Crippen molar-refractivity contribution in [2.24, 2.45) is 0 Å². The molecule has 33 heavy (non-hydrogen) atoms. The average molecular weight is 478 g/mol. The van der Waals surface area contributed by atoms with Crippen LogP contribution < -0.4 is 10.6 Å². The molecule has 2 aromatic heterocycles. The fraction of sp³-hybridized carbons (Fsp3) is 0.450. The van der Waals surface area contributed by atoms with Crippen molar-refractivity contribution >= 4 is 32.9 Å². The van der Waals surface area contributed by atoms with E-state index >= 15 is 0 Å². The second-order valence-corrected chi connectivity index (χ2v) is 9.54. The zero-order chi connectivity index (χ0) is 23.4. The monoisotopic (exact) mass is 477 g/mol. The molecule has 3 heterocycles. The molecule has 2 aliphatic rings. The number of benzene rings is 1. The van der Waals surface area contributed by atoms with Crippen LogP contribution in [0.4, 0.5) is 10.5 Å². The number of anilines is 1. The Hall–Kier alpha value is -3.00. The van der Waals surface area contributed by atoms with Gasteiger partial charge >= 0.3 is 6.03 Å². The highest BCUT2D eigenvalue weighted by atomic mass is 32.2. The van der Waals surface area contributed by atoms with Gasteiger partial charge in [0.15, 0.2) is 11.5 Å². The summed E-state index contributed by atoms with van der Waals surface area (Å²) in [5, 5.41) is 12.8. The Morgan fingerprint density at radius 1 is 1.30 bits per heavy atom. The first-order valence-electron chi connectivity index (χ1n) is 10.6. The van der Waals surface area contributed by atoms with E-state index in [4.69, 9.17) is 14.3 Å². The molecule has 2 amide bonds. The number of fused-ring (bicyclic) bond motifs is 1. The van der Waals surface area contributed by atoms with Crippen molar-refractivity contribution < 1.29 is 22.5 Å². The number of amides is 2. The summed E-state index contributed by atoms with van der Waals surface area (Å²) < 4.78 is 31.3. The molecule has 12 nitrogen and oxygen atoms in total. The number of aromatic amines is 2. The molecule has 2 fully saturated rings. The number of hydrogen-bond donors (Lipinski definition) is 5. The van der Waals surface area contributed by atoms with Crippen LogP contribution in [0.1, 0.15) is 18.4 Å². The van der Waals surface area contributed by atoms with Crippen LogP contribution in [0.15, 0.2) is 24.4 Å². The lowest BCUT2D eigenvalue weighted by Crippen LogP contribution is -2.35. The van der Waals surface area contributed by atoms with E-state index in [2.05, 4.69) is 42.8 Å². The summed E-state index contributed by atoms with van der Waals surface area (Å²) >= 11 is 0. The van der Waals surface area contributed by atoms with Gasteiger partial charge in [-0.25, -0.2) is 9.78 Å². The minimum absolute atomic E-state index is 0.214. The molecule has 13 heteroatoms. The number of nitrogens with one attached hydrogen (secondary N) is 4. The van der Waals surface area contributed by atoms with E-state index < -0.39 is 10.1 Å². The van der Waals surface area contributed by atoms with Crippen molar-refractivity contribution in [2.75, 3.05) is 37.9 Å². The van der Waals surface area contributed by atoms with Crippen molar-refractivity contribution in [2.45, 2.75) is 25.4 Å². The second kappa shape index (κ2) is 9.87. The second-order valence-electron chi connectivity index (χ2n) is 8.08. The Morgan fingerprint density at radius 3 is 2.73 bits per heavy atom. The predicted octanol–water partition coefficient (Wildman–Crippen LogP) is 1.57. The Bertz CT molecular complexity index is 1200. The summed E-state index contributed by atoms with van der Waals surface area (Å²) in [5.74, 6) is 0.626. The van der Waals surface area contributed by atoms with Gasteiger partial charge in [0.25, 0.3) is 10.1 Å². The number of morpholine rings is 1. The third kappa shape index (κ3) is 6.99. The van der Waals surface area contributed by atoms with Gasteiger partial charge in [-0.3, -0.25) is 14.6 Å². The van der Waals surface area contributed by atoms with Gasteiger partial charge in [-0.05, 0) is 30.5 Å². The number of urea groups is 1. The van der Waals surface area contributed by atoms with Crippen LogP contribution in [0.5, 0.6) is 0 Å². The van der Waals surface area contributed by atoms with Crippen LogP contribution in [-0.2, 0) is 21.4 Å². The fourth-order valence-corrected chi connectivity index (χ4v) is 3.42. The lowest BCUT2D eigenvalue weighted by molar-refractivity contribution is 0.0342. The lowest BCUT2D eigenvalue weighted by atomic mass is 10.2. The van der Waals surface area contributed by atoms with Crippen molar-refractivity contribution in [1.29, 1.82) is 0 Å². The molecule has 1 aliphatic heterocycles. The number of carbonyl (C=O) groups excluding carboxylic acids is 1. The normalized spacial score (nSPS) is 16.8. The number of carbonyl (C=O) groups is 1. The van der Waals surface area contributed by atoms with Gasteiger partial charge in [-0.1, -0.05) is 6.07 Å². The Morgan fingerprint density at radius 2 is 2.03 bits per heavy atom. The molecule has 1 aromatic carbocycles. The van der Waals surface area contributed by atoms with Gasteiger partial charge in [0, 0.05) is 31.9 Å². The first-order valence-corrected chi connectivity index (χ1v) is 12.4. The predicted molar refractivity (Wildman–Crippen MR) is 122 cm³/mol. The number of ether oxygens (including phenoxy) is 1. The molecule has 1 aliphatic carbocycles. The topological polar surface area (TPSA) is 165 Å². The summed E-state index contributed by atoms with van der Waals surface area (Å²) in [6.45, 7) is 4.37. The van der Waals surface area contributed by atoms with Gasteiger partial charge in [0.1, 0.15) is 0 Å². The maximum Gasteiger partial charge on any atom is 0.319 e. The smallest absolute Gasteiger partial charge is 0.319 e. The van der Waals surface area contributed by atoms with E-state index in [0.717, 1.165) is 56.7 Å². The number of imidazole rings is 1. The highest BCUT2D eigenvalue weighted by Crippen LogP contribution is 2.26. The zero-order valence-corrected chi connectivity index (χ0v) is 19.0. The standard InChI is InChI=1S/C19H23N7O2.CH4O3S/c27-19(21-13-2-3-13)24-16-10-20-25-17(16)18-22-14-4-1-12(9-15(14)23-18)11-26-5-7-28-8-6-26;1-5(2,3)4/h1,4,9-10,13H,2-3,5-8,11H2,(H,20,25)(H,22,23)(H2,21,24,27);1H3,(H,2,3,4). The van der Waals surface area contributed by atoms with E-state index in [9.17, 15) is 13.2 Å². The third-order valence-electron chi connectivity index (χ3n) is 5.08. The van der Waals surface area contributed by atoms with E-state index in [1.807, 2.05) is 6.07 Å². The molecular formula is C20H27N7O5S. The van der Waals surface area contributed by atoms with Gasteiger partial charge in [0.2, 0.25) is 0 Å². The van der Waals surface area contributed by atoms with Crippen molar-refractivity contribution in [1.82, 2.24) is 30.4 Å². The van der Waals surface area contributed by atoms with Gasteiger partial charge in [-0.15, -0.1) is 0 Å². The number of H-pyrrole nitrogens is 2. The number of rotatable bonds is 5. The molecule has 1 saturated carbocycles. The van der Waals surface area contributed by atoms with E-state index in [-0.39, 0.29) is 6.03 Å². The number of nitrogens with zero attached hydrogens (tertiary/aromatic N) is 3. The summed E-state index contributed by atoms with van der Waals surface area (Å²) in [7, 11) is -3.67. The minimum Gasteiger partial charge on any atom is -0.379 e. The van der Waals surface area contributed by atoms with Gasteiger partial charge in [-0.2, -0.15) is 13.5 Å². The fourth-order valence-electron chi connectivity index (χ4n) is 3.42. The molecule has 0 spiro atoms. The summed E-state index contributed by atoms with van der Waals surface area (Å²) in [6.07, 6.45) is 4.47. The molecule has 5 rings (SSSR count). The zero-order valence-electron chi connectivity index (χ0n) is 18.2. The summed E-state index contributed by atoms with van der Waals surface area (Å²) in [5.41, 5.74) is 4.24. The van der Waals surface area contributed by atoms with E-state index in [1.165, 1.54) is 5.56 Å². The maximum absolute atomic E-state index is 12.0. The Labute approximate surface area is 190 Å². The van der Waals surface area contributed by atoms with Crippen LogP contribution in [0, 0.1) is 0 Å². The molecule has 0 atom stereocenters. The van der Waals surface area contributed by atoms with Crippen molar-refractivity contribution in [3.8, 4) is 11.5 Å². The van der Waals surface area contributed by atoms with Crippen LogP contribution in [0.25, 0.3) is 22.6 Å². The van der Waals surface area contributed by atoms with Crippen molar-refractivity contribution in [3.63, 3.8) is 0 Å². The quantitative estimate of drug-likeness (QED) is 0.345. The molecule has 0 radical (unpaired) electrons. The first-order chi connectivity index (χ1) is 15.7. The van der Waals surface area contributed by atoms with E-state index in [1.54, 1.807) is 6.20 Å². The molecule has 5 N–H and O–H groups in total. The van der Waals surface area contributed by atoms with Crippen LogP contribution in [0.3, 0.4) is 0 Å².